The van der Waals surface area contributed by atoms with Gasteiger partial charge < -0.3 is 9.73 Å². The zero-order valence-corrected chi connectivity index (χ0v) is 13.1. The largest absolute Gasteiger partial charge is 0.467 e. The number of allylic oxidation sites excluding steroid dienone is 2. The van der Waals surface area contributed by atoms with E-state index in [-0.39, 0.29) is 54.5 Å². The lowest BCUT2D eigenvalue weighted by atomic mass is 9.63. The summed E-state index contributed by atoms with van der Waals surface area (Å²) in [6, 6.07) is 3.50. The van der Waals surface area contributed by atoms with Crippen LogP contribution in [0.4, 0.5) is 0 Å². The van der Waals surface area contributed by atoms with Crippen LogP contribution in [0, 0.1) is 35.5 Å². The molecule has 0 spiro atoms. The fourth-order valence-electron chi connectivity index (χ4n) is 4.97. The summed E-state index contributed by atoms with van der Waals surface area (Å²) in [5.74, 6) is 1.02. The van der Waals surface area contributed by atoms with E-state index in [1.54, 1.807) is 12.1 Å². The number of nitrogens with zero attached hydrogens (tertiary/aromatic N) is 1. The first kappa shape index (κ1) is 14.0. The van der Waals surface area contributed by atoms with Gasteiger partial charge in [-0.1, -0.05) is 12.2 Å². The van der Waals surface area contributed by atoms with Gasteiger partial charge >= 0.3 is 0 Å². The minimum atomic E-state index is -0.336. The molecule has 0 aromatic carbocycles. The summed E-state index contributed by atoms with van der Waals surface area (Å²) < 4.78 is 5.16. The molecule has 3 amide bonds. The van der Waals surface area contributed by atoms with Crippen LogP contribution >= 0.6 is 0 Å². The molecule has 4 aliphatic carbocycles. The normalized spacial score (nSPS) is 38.2. The monoisotopic (exact) mass is 326 g/mol. The van der Waals surface area contributed by atoms with Gasteiger partial charge in [0.05, 0.1) is 24.6 Å². The topological polar surface area (TPSA) is 79.6 Å². The van der Waals surface area contributed by atoms with E-state index in [2.05, 4.69) is 17.5 Å². The zero-order valence-electron chi connectivity index (χ0n) is 13.1. The molecule has 2 heterocycles. The summed E-state index contributed by atoms with van der Waals surface area (Å²) in [4.78, 5) is 38.8. The molecule has 124 valence electrons. The molecular weight excluding hydrogens is 308 g/mol. The molecule has 2 saturated carbocycles. The molecule has 6 atom stereocenters. The van der Waals surface area contributed by atoms with E-state index in [0.29, 0.717) is 17.6 Å². The van der Waals surface area contributed by atoms with Gasteiger partial charge in [0.25, 0.3) is 0 Å². The molecule has 5 aliphatic rings. The summed E-state index contributed by atoms with van der Waals surface area (Å²) in [5, 5.41) is 2.70. The second kappa shape index (κ2) is 4.82. The molecule has 1 aromatic rings. The highest BCUT2D eigenvalue weighted by molar-refractivity contribution is 6.08. The summed E-state index contributed by atoms with van der Waals surface area (Å²) in [6.45, 7) is 0.0615. The Bertz CT molecular complexity index is 717. The minimum absolute atomic E-state index is 0.164. The Balaban J connectivity index is 1.29. The lowest BCUT2D eigenvalue weighted by Crippen LogP contribution is -2.41. The number of hydrogen-bond acceptors (Lipinski definition) is 4. The maximum atomic E-state index is 12.7. The summed E-state index contributed by atoms with van der Waals surface area (Å²) in [5.41, 5.74) is 0. The van der Waals surface area contributed by atoms with E-state index in [4.69, 9.17) is 4.42 Å². The Kier molecular flexibility index (Phi) is 2.81. The van der Waals surface area contributed by atoms with Crippen LogP contribution in [-0.4, -0.2) is 29.2 Å². The van der Waals surface area contributed by atoms with Crippen LogP contribution < -0.4 is 5.32 Å². The molecule has 24 heavy (non-hydrogen) atoms. The van der Waals surface area contributed by atoms with E-state index in [9.17, 15) is 14.4 Å². The van der Waals surface area contributed by atoms with Crippen molar-refractivity contribution >= 4 is 17.7 Å². The number of likely N-dealkylation sites (tertiary alicyclic amines) is 1. The highest BCUT2D eigenvalue weighted by atomic mass is 16.3. The Morgan fingerprint density at radius 1 is 1.17 bits per heavy atom. The molecule has 6 nitrogen and oxygen atoms in total. The molecule has 6 rings (SSSR count). The predicted octanol–water partition coefficient (Wildman–Crippen LogP) is 0.949. The number of carbonyl (C=O) groups is 3. The molecular formula is C18H18N2O4. The van der Waals surface area contributed by atoms with Crippen molar-refractivity contribution in [3.63, 3.8) is 0 Å². The Morgan fingerprint density at radius 2 is 1.83 bits per heavy atom. The number of rotatable bonds is 4. The molecule has 1 saturated heterocycles. The third-order valence-corrected chi connectivity index (χ3v) is 6.10. The molecule has 1 N–H and O–H groups in total. The van der Waals surface area contributed by atoms with Crippen molar-refractivity contribution in [2.75, 3.05) is 6.54 Å². The maximum Gasteiger partial charge on any atom is 0.240 e. The minimum Gasteiger partial charge on any atom is -0.467 e. The van der Waals surface area contributed by atoms with Crippen LogP contribution in [0.2, 0.25) is 0 Å². The predicted molar refractivity (Wildman–Crippen MR) is 82.0 cm³/mol. The Labute approximate surface area is 138 Å². The van der Waals surface area contributed by atoms with Gasteiger partial charge in [0.2, 0.25) is 17.7 Å². The van der Waals surface area contributed by atoms with E-state index in [1.807, 2.05) is 0 Å². The van der Waals surface area contributed by atoms with Gasteiger partial charge in [-0.2, -0.15) is 0 Å². The number of imide groups is 1. The van der Waals surface area contributed by atoms with Gasteiger partial charge in [-0.25, -0.2) is 0 Å². The molecule has 0 unspecified atom stereocenters. The zero-order chi connectivity index (χ0) is 16.4. The van der Waals surface area contributed by atoms with E-state index < -0.39 is 0 Å². The number of carbonyl (C=O) groups excluding carboxylic acids is 3. The van der Waals surface area contributed by atoms with E-state index >= 15 is 0 Å². The van der Waals surface area contributed by atoms with Gasteiger partial charge in [-0.05, 0) is 42.2 Å². The second-order valence-corrected chi connectivity index (χ2v) is 7.27. The van der Waals surface area contributed by atoms with Crippen molar-refractivity contribution in [2.24, 2.45) is 35.5 Å². The Hall–Kier alpha value is -2.37. The van der Waals surface area contributed by atoms with Crippen molar-refractivity contribution in [1.82, 2.24) is 10.2 Å². The van der Waals surface area contributed by atoms with E-state index in [1.165, 1.54) is 11.2 Å². The highest BCUT2D eigenvalue weighted by Crippen LogP contribution is 2.65. The van der Waals surface area contributed by atoms with Gasteiger partial charge in [-0.15, -0.1) is 0 Å². The van der Waals surface area contributed by atoms with Crippen molar-refractivity contribution in [2.45, 2.75) is 13.0 Å². The van der Waals surface area contributed by atoms with Gasteiger partial charge in [0, 0.05) is 0 Å². The van der Waals surface area contributed by atoms with Gasteiger partial charge in [-0.3, -0.25) is 19.3 Å². The third kappa shape index (κ3) is 1.85. The third-order valence-electron chi connectivity index (χ3n) is 6.10. The molecule has 6 heteroatoms. The first-order valence-electron chi connectivity index (χ1n) is 8.48. The second-order valence-electron chi connectivity index (χ2n) is 7.27. The quantitative estimate of drug-likeness (QED) is 0.660. The van der Waals surface area contributed by atoms with E-state index in [0.717, 1.165) is 6.42 Å². The standard InChI is InChI=1S/C18H18N2O4/c21-14(19-7-9-2-1-5-24-9)8-20-17(22)15-10-3-4-11(13-6-12(10)13)16(15)18(20)23/h1-5,10-13,15-16H,6-8H2,(H,19,21)/t10-,11-,12-,13+,15+,16-/m1/s1. The summed E-state index contributed by atoms with van der Waals surface area (Å²) >= 11 is 0. The lowest BCUT2D eigenvalue weighted by molar-refractivity contribution is -0.143. The molecule has 3 fully saturated rings. The van der Waals surface area contributed by atoms with Crippen LogP contribution in [0.5, 0.6) is 0 Å². The van der Waals surface area contributed by atoms with Crippen LogP contribution in [0.1, 0.15) is 12.2 Å². The molecule has 1 aliphatic heterocycles. The van der Waals surface area contributed by atoms with Crippen LogP contribution in [-0.2, 0) is 20.9 Å². The summed E-state index contributed by atoms with van der Waals surface area (Å²) in [7, 11) is 0. The molecule has 1 aromatic heterocycles. The number of nitrogens with one attached hydrogen (secondary N) is 1. The maximum absolute atomic E-state index is 12.7. The highest BCUT2D eigenvalue weighted by Gasteiger charge is 2.67. The van der Waals surface area contributed by atoms with Crippen molar-refractivity contribution in [1.29, 1.82) is 0 Å². The van der Waals surface area contributed by atoms with Crippen molar-refractivity contribution in [3.05, 3.63) is 36.3 Å². The fraction of sp³-hybridized carbons (Fsp3) is 0.500. The van der Waals surface area contributed by atoms with Crippen molar-refractivity contribution in [3.8, 4) is 0 Å². The smallest absolute Gasteiger partial charge is 0.240 e. The average Bonchev–Trinajstić information content (AvgIpc) is 3.19. The van der Waals surface area contributed by atoms with Gasteiger partial charge in [0.15, 0.2) is 0 Å². The lowest BCUT2D eigenvalue weighted by Gasteiger charge is -2.37. The van der Waals surface area contributed by atoms with Crippen LogP contribution in [0.3, 0.4) is 0 Å². The van der Waals surface area contributed by atoms with Crippen LogP contribution in [0.25, 0.3) is 0 Å². The van der Waals surface area contributed by atoms with Crippen molar-refractivity contribution < 1.29 is 18.8 Å². The molecule has 0 radical (unpaired) electrons. The number of hydrogen-bond donors (Lipinski definition) is 1. The summed E-state index contributed by atoms with van der Waals surface area (Å²) in [6.07, 6.45) is 6.94. The fourth-order valence-corrected chi connectivity index (χ4v) is 4.97. The average molecular weight is 326 g/mol. The number of amides is 3. The number of furan rings is 1. The first-order chi connectivity index (χ1) is 11.6. The van der Waals surface area contributed by atoms with Crippen LogP contribution in [0.15, 0.2) is 35.0 Å². The Morgan fingerprint density at radius 3 is 2.42 bits per heavy atom. The van der Waals surface area contributed by atoms with Gasteiger partial charge in [0.1, 0.15) is 12.3 Å². The first-order valence-corrected chi connectivity index (χ1v) is 8.48. The SMILES string of the molecule is O=C(CN1C(=O)[C@@H]2[C@@H]3C=C[C@H]([C@H]4C[C@@H]34)[C@@H]2C1=O)NCc1ccco1. The molecule has 2 bridgehead atoms.